The number of fused-ring (bicyclic) bond motifs is 1. The highest BCUT2D eigenvalue weighted by molar-refractivity contribution is 5.96. The number of hydrogen-bond donors (Lipinski definition) is 1. The lowest BCUT2D eigenvalue weighted by atomic mass is 10.1. The van der Waals surface area contributed by atoms with Gasteiger partial charge in [-0.3, -0.25) is 4.79 Å². The molecule has 1 amide bonds. The van der Waals surface area contributed by atoms with Gasteiger partial charge in [0.15, 0.2) is 6.61 Å². The van der Waals surface area contributed by atoms with Crippen molar-refractivity contribution in [2.24, 2.45) is 0 Å². The zero-order valence-electron chi connectivity index (χ0n) is 8.09. The second kappa shape index (κ2) is 3.21. The molecule has 14 heavy (non-hydrogen) atoms. The Morgan fingerprint density at radius 3 is 3.00 bits per heavy atom. The van der Waals surface area contributed by atoms with Crippen LogP contribution in [0.1, 0.15) is 5.56 Å². The van der Waals surface area contributed by atoms with E-state index in [1.807, 2.05) is 13.0 Å². The van der Waals surface area contributed by atoms with Gasteiger partial charge < -0.3 is 14.8 Å². The first-order chi connectivity index (χ1) is 6.70. The normalized spacial score (nSPS) is 14.0. The number of nitrogens with one attached hydrogen (secondary N) is 1. The van der Waals surface area contributed by atoms with Gasteiger partial charge in [0.2, 0.25) is 0 Å². The van der Waals surface area contributed by atoms with Gasteiger partial charge in [-0.2, -0.15) is 0 Å². The van der Waals surface area contributed by atoms with Gasteiger partial charge >= 0.3 is 0 Å². The summed E-state index contributed by atoms with van der Waals surface area (Å²) in [6.45, 7) is 2.00. The van der Waals surface area contributed by atoms with Crippen molar-refractivity contribution < 1.29 is 14.3 Å². The predicted octanol–water partition coefficient (Wildman–Crippen LogP) is 1.33. The monoisotopic (exact) mass is 193 g/mol. The number of rotatable bonds is 1. The zero-order chi connectivity index (χ0) is 10.1. The molecular formula is C10H11NO3. The molecular weight excluding hydrogens is 182 g/mol. The topological polar surface area (TPSA) is 47.6 Å². The minimum atomic E-state index is -0.134. The summed E-state index contributed by atoms with van der Waals surface area (Å²) in [4.78, 5) is 11.1. The summed E-state index contributed by atoms with van der Waals surface area (Å²) in [7, 11) is 1.59. The molecule has 0 aromatic heterocycles. The first-order valence-electron chi connectivity index (χ1n) is 4.32. The SMILES string of the molecule is COc1cc(C)c2c(c1)NC(=O)CO2. The van der Waals surface area contributed by atoms with Gasteiger partial charge in [-0.1, -0.05) is 0 Å². The van der Waals surface area contributed by atoms with E-state index in [0.29, 0.717) is 11.4 Å². The van der Waals surface area contributed by atoms with Crippen LogP contribution in [-0.4, -0.2) is 19.6 Å². The highest BCUT2D eigenvalue weighted by Crippen LogP contribution is 2.35. The van der Waals surface area contributed by atoms with E-state index in [0.717, 1.165) is 11.3 Å². The third-order valence-electron chi connectivity index (χ3n) is 2.11. The van der Waals surface area contributed by atoms with Crippen LogP contribution >= 0.6 is 0 Å². The lowest BCUT2D eigenvalue weighted by molar-refractivity contribution is -0.118. The summed E-state index contributed by atoms with van der Waals surface area (Å²) >= 11 is 0. The Bertz CT molecular complexity index is 387. The molecule has 0 saturated heterocycles. The van der Waals surface area contributed by atoms with Crippen LogP contribution in [0.4, 0.5) is 5.69 Å². The van der Waals surface area contributed by atoms with Crippen LogP contribution in [-0.2, 0) is 4.79 Å². The zero-order valence-corrected chi connectivity index (χ0v) is 8.09. The Kier molecular flexibility index (Phi) is 2.04. The molecule has 74 valence electrons. The first kappa shape index (κ1) is 8.87. The average Bonchev–Trinajstić information content (AvgIpc) is 2.16. The molecule has 1 aliphatic rings. The Labute approximate surface area is 81.8 Å². The van der Waals surface area contributed by atoms with Crippen molar-refractivity contribution in [1.82, 2.24) is 0 Å². The van der Waals surface area contributed by atoms with Gasteiger partial charge in [0.1, 0.15) is 11.5 Å². The van der Waals surface area contributed by atoms with Crippen molar-refractivity contribution >= 4 is 11.6 Å². The maximum absolute atomic E-state index is 11.1. The largest absolute Gasteiger partial charge is 0.497 e. The summed E-state index contributed by atoms with van der Waals surface area (Å²) in [6.07, 6.45) is 0. The van der Waals surface area contributed by atoms with Crippen molar-refractivity contribution in [1.29, 1.82) is 0 Å². The second-order valence-electron chi connectivity index (χ2n) is 3.16. The number of methoxy groups -OCH3 is 1. The van der Waals surface area contributed by atoms with Gasteiger partial charge in [0, 0.05) is 6.07 Å². The molecule has 4 nitrogen and oxygen atoms in total. The van der Waals surface area contributed by atoms with Crippen LogP contribution < -0.4 is 14.8 Å². The predicted molar refractivity (Wildman–Crippen MR) is 51.9 cm³/mol. The molecule has 0 aliphatic carbocycles. The molecule has 0 unspecified atom stereocenters. The molecule has 0 radical (unpaired) electrons. The smallest absolute Gasteiger partial charge is 0.262 e. The van der Waals surface area contributed by atoms with E-state index < -0.39 is 0 Å². The lowest BCUT2D eigenvalue weighted by Gasteiger charge is -2.20. The summed E-state index contributed by atoms with van der Waals surface area (Å²) < 4.78 is 10.4. The van der Waals surface area contributed by atoms with Crippen molar-refractivity contribution in [3.8, 4) is 11.5 Å². The Hall–Kier alpha value is -1.71. The number of hydrogen-bond acceptors (Lipinski definition) is 3. The molecule has 1 aliphatic heterocycles. The number of aryl methyl sites for hydroxylation is 1. The van der Waals surface area contributed by atoms with E-state index in [-0.39, 0.29) is 12.5 Å². The first-order valence-corrected chi connectivity index (χ1v) is 4.32. The van der Waals surface area contributed by atoms with Gasteiger partial charge in [-0.15, -0.1) is 0 Å². The molecule has 1 N–H and O–H groups in total. The van der Waals surface area contributed by atoms with E-state index in [4.69, 9.17) is 9.47 Å². The molecule has 1 aromatic carbocycles. The van der Waals surface area contributed by atoms with Gasteiger partial charge in [0.05, 0.1) is 12.8 Å². The molecule has 2 rings (SSSR count). The Morgan fingerprint density at radius 2 is 2.29 bits per heavy atom. The summed E-state index contributed by atoms with van der Waals surface area (Å²) in [5.41, 5.74) is 1.64. The van der Waals surface area contributed by atoms with Crippen LogP contribution in [0.25, 0.3) is 0 Å². The Balaban J connectivity index is 2.48. The second-order valence-corrected chi connectivity index (χ2v) is 3.16. The van der Waals surface area contributed by atoms with Crippen LogP contribution in [0.2, 0.25) is 0 Å². The lowest BCUT2D eigenvalue weighted by Crippen LogP contribution is -2.25. The van der Waals surface area contributed by atoms with E-state index in [1.54, 1.807) is 13.2 Å². The van der Waals surface area contributed by atoms with Gasteiger partial charge in [0.25, 0.3) is 5.91 Å². The quantitative estimate of drug-likeness (QED) is 0.732. The van der Waals surface area contributed by atoms with Crippen molar-refractivity contribution in [3.05, 3.63) is 17.7 Å². The minimum Gasteiger partial charge on any atom is -0.497 e. The molecule has 1 aromatic rings. The van der Waals surface area contributed by atoms with E-state index >= 15 is 0 Å². The van der Waals surface area contributed by atoms with E-state index in [2.05, 4.69) is 5.32 Å². The standard InChI is InChI=1S/C10H11NO3/c1-6-3-7(13-2)4-8-10(6)14-5-9(12)11-8/h3-4H,5H2,1-2H3,(H,11,12). The minimum absolute atomic E-state index is 0.0835. The third kappa shape index (κ3) is 1.39. The molecule has 4 heteroatoms. The van der Waals surface area contributed by atoms with Gasteiger partial charge in [-0.05, 0) is 18.6 Å². The number of carbonyl (C=O) groups excluding carboxylic acids is 1. The van der Waals surface area contributed by atoms with E-state index in [1.165, 1.54) is 0 Å². The maximum Gasteiger partial charge on any atom is 0.262 e. The van der Waals surface area contributed by atoms with Crippen LogP contribution in [0.3, 0.4) is 0 Å². The van der Waals surface area contributed by atoms with Crippen LogP contribution in [0.15, 0.2) is 12.1 Å². The number of benzene rings is 1. The number of ether oxygens (including phenoxy) is 2. The van der Waals surface area contributed by atoms with Gasteiger partial charge in [-0.25, -0.2) is 0 Å². The highest BCUT2D eigenvalue weighted by Gasteiger charge is 2.18. The third-order valence-corrected chi connectivity index (χ3v) is 2.11. The molecule has 0 spiro atoms. The van der Waals surface area contributed by atoms with Crippen LogP contribution in [0, 0.1) is 6.92 Å². The number of amides is 1. The molecule has 0 atom stereocenters. The van der Waals surface area contributed by atoms with Crippen molar-refractivity contribution in [2.75, 3.05) is 19.0 Å². The summed E-state index contributed by atoms with van der Waals surface area (Å²) in [5.74, 6) is 1.31. The summed E-state index contributed by atoms with van der Waals surface area (Å²) in [5, 5.41) is 2.73. The molecule has 0 bridgehead atoms. The molecule has 1 heterocycles. The summed E-state index contributed by atoms with van der Waals surface area (Å²) in [6, 6.07) is 3.62. The fraction of sp³-hybridized carbons (Fsp3) is 0.300. The van der Waals surface area contributed by atoms with Crippen molar-refractivity contribution in [3.63, 3.8) is 0 Å². The highest BCUT2D eigenvalue weighted by atomic mass is 16.5. The average molecular weight is 193 g/mol. The Morgan fingerprint density at radius 1 is 1.50 bits per heavy atom. The molecule has 0 fully saturated rings. The van der Waals surface area contributed by atoms with Crippen LogP contribution in [0.5, 0.6) is 11.5 Å². The fourth-order valence-electron chi connectivity index (χ4n) is 1.47. The number of carbonyl (C=O) groups is 1. The fourth-order valence-corrected chi connectivity index (χ4v) is 1.47. The molecule has 0 saturated carbocycles. The number of anilines is 1. The van der Waals surface area contributed by atoms with E-state index in [9.17, 15) is 4.79 Å². The maximum atomic E-state index is 11.1. The van der Waals surface area contributed by atoms with Crippen molar-refractivity contribution in [2.45, 2.75) is 6.92 Å².